The molecule has 0 aliphatic carbocycles. The number of sulfonamides is 1. The maximum Gasteiger partial charge on any atom is 0.339 e. The standard InChI is InChI=1S/C15H15NO7S/c1-21-9-10-7-8-12(23-10)14(17)16-24(19,20)13-6-4-3-5-11(13)15(18)22-2/h3-8H,9H2,1-2H3,(H,16,17). The van der Waals surface area contributed by atoms with Crippen molar-refractivity contribution in [2.75, 3.05) is 14.2 Å². The molecule has 9 heteroatoms. The highest BCUT2D eigenvalue weighted by atomic mass is 32.2. The molecule has 1 amide bonds. The summed E-state index contributed by atoms with van der Waals surface area (Å²) in [6.45, 7) is 0.144. The summed E-state index contributed by atoms with van der Waals surface area (Å²) in [5.41, 5.74) is -0.181. The summed E-state index contributed by atoms with van der Waals surface area (Å²) in [5, 5.41) is 0. The van der Waals surface area contributed by atoms with Crippen LogP contribution in [-0.4, -0.2) is 34.5 Å². The molecular formula is C15H15NO7S. The topological polar surface area (TPSA) is 112 Å². The minimum atomic E-state index is -4.29. The molecule has 0 fully saturated rings. The number of nitrogens with one attached hydrogen (secondary N) is 1. The van der Waals surface area contributed by atoms with Crippen molar-refractivity contribution in [3.05, 3.63) is 53.5 Å². The highest BCUT2D eigenvalue weighted by Crippen LogP contribution is 2.17. The van der Waals surface area contributed by atoms with Crippen LogP contribution in [0.3, 0.4) is 0 Å². The van der Waals surface area contributed by atoms with E-state index in [0.717, 1.165) is 7.11 Å². The third-order valence-electron chi connectivity index (χ3n) is 2.98. The highest BCUT2D eigenvalue weighted by Gasteiger charge is 2.26. The van der Waals surface area contributed by atoms with Crippen LogP contribution in [0.4, 0.5) is 0 Å². The van der Waals surface area contributed by atoms with Gasteiger partial charge in [-0.3, -0.25) is 4.79 Å². The molecule has 0 aliphatic rings. The van der Waals surface area contributed by atoms with Crippen LogP contribution in [0.5, 0.6) is 0 Å². The number of ether oxygens (including phenoxy) is 2. The zero-order chi connectivity index (χ0) is 17.7. The molecule has 1 aromatic heterocycles. The van der Waals surface area contributed by atoms with Crippen LogP contribution in [0.1, 0.15) is 26.7 Å². The van der Waals surface area contributed by atoms with Crippen molar-refractivity contribution in [3.8, 4) is 0 Å². The van der Waals surface area contributed by atoms with Gasteiger partial charge >= 0.3 is 11.9 Å². The lowest BCUT2D eigenvalue weighted by Crippen LogP contribution is -2.31. The fraction of sp³-hybridized carbons (Fsp3) is 0.200. The molecule has 0 atom stereocenters. The summed E-state index contributed by atoms with van der Waals surface area (Å²) in [7, 11) is -1.70. The number of hydrogen-bond acceptors (Lipinski definition) is 7. The molecule has 0 spiro atoms. The van der Waals surface area contributed by atoms with Crippen molar-refractivity contribution in [1.29, 1.82) is 0 Å². The van der Waals surface area contributed by atoms with E-state index in [1.165, 1.54) is 43.5 Å². The summed E-state index contributed by atoms with van der Waals surface area (Å²) < 4.78 is 41.2. The van der Waals surface area contributed by atoms with E-state index in [1.807, 2.05) is 4.72 Å². The molecule has 0 saturated heterocycles. The van der Waals surface area contributed by atoms with Crippen LogP contribution < -0.4 is 4.72 Å². The Hall–Kier alpha value is -2.65. The predicted octanol–water partition coefficient (Wildman–Crippen LogP) is 1.33. The van der Waals surface area contributed by atoms with Crippen LogP contribution in [0.25, 0.3) is 0 Å². The van der Waals surface area contributed by atoms with Crippen LogP contribution in [0.15, 0.2) is 45.7 Å². The molecule has 1 N–H and O–H groups in total. The van der Waals surface area contributed by atoms with Crippen LogP contribution in [0, 0.1) is 0 Å². The van der Waals surface area contributed by atoms with E-state index >= 15 is 0 Å². The molecule has 2 aromatic rings. The van der Waals surface area contributed by atoms with Gasteiger partial charge in [-0.2, -0.15) is 0 Å². The maximum absolute atomic E-state index is 12.4. The Kier molecular flexibility index (Phi) is 5.37. The first-order chi connectivity index (χ1) is 11.4. The largest absolute Gasteiger partial charge is 0.465 e. The molecule has 128 valence electrons. The van der Waals surface area contributed by atoms with Gasteiger partial charge in [-0.15, -0.1) is 0 Å². The van der Waals surface area contributed by atoms with E-state index in [9.17, 15) is 18.0 Å². The van der Waals surface area contributed by atoms with Gasteiger partial charge in [-0.1, -0.05) is 12.1 Å². The smallest absolute Gasteiger partial charge is 0.339 e. The van der Waals surface area contributed by atoms with Crippen molar-refractivity contribution in [3.63, 3.8) is 0 Å². The number of benzene rings is 1. The first-order valence-electron chi connectivity index (χ1n) is 6.71. The van der Waals surface area contributed by atoms with Gasteiger partial charge in [0, 0.05) is 7.11 Å². The van der Waals surface area contributed by atoms with Crippen molar-refractivity contribution in [2.45, 2.75) is 11.5 Å². The van der Waals surface area contributed by atoms with Gasteiger partial charge in [0.05, 0.1) is 12.7 Å². The van der Waals surface area contributed by atoms with Gasteiger partial charge < -0.3 is 13.9 Å². The second kappa shape index (κ2) is 7.28. The van der Waals surface area contributed by atoms with Crippen molar-refractivity contribution in [2.24, 2.45) is 0 Å². The Labute approximate surface area is 138 Å². The molecule has 0 radical (unpaired) electrons. The van der Waals surface area contributed by atoms with Gasteiger partial charge in [0.1, 0.15) is 17.3 Å². The number of rotatable bonds is 6. The minimum absolute atomic E-state index is 0.144. The first kappa shape index (κ1) is 17.7. The Morgan fingerprint density at radius 2 is 1.83 bits per heavy atom. The number of amides is 1. The van der Waals surface area contributed by atoms with E-state index in [0.29, 0.717) is 5.76 Å². The maximum atomic E-state index is 12.4. The molecule has 24 heavy (non-hydrogen) atoms. The van der Waals surface area contributed by atoms with Crippen molar-refractivity contribution in [1.82, 2.24) is 4.72 Å². The lowest BCUT2D eigenvalue weighted by atomic mass is 10.2. The molecule has 1 aromatic carbocycles. The van der Waals surface area contributed by atoms with Crippen LogP contribution in [0.2, 0.25) is 0 Å². The molecular weight excluding hydrogens is 338 g/mol. The summed E-state index contributed by atoms with van der Waals surface area (Å²) in [4.78, 5) is 23.4. The van der Waals surface area contributed by atoms with E-state index in [1.54, 1.807) is 0 Å². The number of esters is 1. The molecule has 0 aliphatic heterocycles. The van der Waals surface area contributed by atoms with E-state index in [2.05, 4.69) is 4.74 Å². The van der Waals surface area contributed by atoms with Gasteiger partial charge in [-0.25, -0.2) is 17.9 Å². The summed E-state index contributed by atoms with van der Waals surface area (Å²) in [6, 6.07) is 8.21. The zero-order valence-electron chi connectivity index (χ0n) is 12.9. The number of methoxy groups -OCH3 is 2. The number of carbonyl (C=O) groups excluding carboxylic acids is 2. The third-order valence-corrected chi connectivity index (χ3v) is 4.37. The Morgan fingerprint density at radius 3 is 2.50 bits per heavy atom. The minimum Gasteiger partial charge on any atom is -0.465 e. The van der Waals surface area contributed by atoms with E-state index in [-0.39, 0.29) is 22.8 Å². The van der Waals surface area contributed by atoms with Gasteiger partial charge in [0.15, 0.2) is 5.76 Å². The molecule has 1 heterocycles. The van der Waals surface area contributed by atoms with Crippen LogP contribution in [-0.2, 0) is 26.1 Å². The highest BCUT2D eigenvalue weighted by molar-refractivity contribution is 7.90. The Bertz CT molecular complexity index is 854. The Balaban J connectivity index is 2.28. The van der Waals surface area contributed by atoms with Gasteiger partial charge in [-0.05, 0) is 24.3 Å². The summed E-state index contributed by atoms with van der Waals surface area (Å²) >= 11 is 0. The van der Waals surface area contributed by atoms with Crippen molar-refractivity contribution >= 4 is 21.9 Å². The second-order valence-electron chi connectivity index (χ2n) is 4.62. The Morgan fingerprint density at radius 1 is 1.12 bits per heavy atom. The average molecular weight is 353 g/mol. The number of hydrogen-bond donors (Lipinski definition) is 1. The fourth-order valence-corrected chi connectivity index (χ4v) is 3.08. The van der Waals surface area contributed by atoms with Gasteiger partial charge in [0.2, 0.25) is 0 Å². The second-order valence-corrected chi connectivity index (χ2v) is 6.27. The molecule has 2 rings (SSSR count). The summed E-state index contributed by atoms with van der Waals surface area (Å²) in [5.74, 6) is -1.61. The lowest BCUT2D eigenvalue weighted by Gasteiger charge is -2.09. The quantitative estimate of drug-likeness (QED) is 0.780. The molecule has 0 unspecified atom stereocenters. The van der Waals surface area contributed by atoms with Crippen molar-refractivity contribution < 1.29 is 31.9 Å². The van der Waals surface area contributed by atoms with E-state index in [4.69, 9.17) is 9.15 Å². The average Bonchev–Trinajstić information content (AvgIpc) is 3.03. The SMILES string of the molecule is COCc1ccc(C(=O)NS(=O)(=O)c2ccccc2C(=O)OC)o1. The van der Waals surface area contributed by atoms with Gasteiger partial charge in [0.25, 0.3) is 10.0 Å². The molecule has 8 nitrogen and oxygen atoms in total. The fourth-order valence-electron chi connectivity index (χ4n) is 1.93. The molecule has 0 saturated carbocycles. The monoisotopic (exact) mass is 353 g/mol. The number of carbonyl (C=O) groups is 2. The van der Waals surface area contributed by atoms with E-state index < -0.39 is 21.9 Å². The zero-order valence-corrected chi connectivity index (χ0v) is 13.8. The lowest BCUT2D eigenvalue weighted by molar-refractivity contribution is 0.0596. The third kappa shape index (κ3) is 3.81. The first-order valence-corrected chi connectivity index (χ1v) is 8.19. The predicted molar refractivity (Wildman–Crippen MR) is 81.9 cm³/mol. The van der Waals surface area contributed by atoms with Crippen LogP contribution >= 0.6 is 0 Å². The molecule has 0 bridgehead atoms. The summed E-state index contributed by atoms with van der Waals surface area (Å²) in [6.07, 6.45) is 0. The normalized spacial score (nSPS) is 11.1. The number of furan rings is 1.